The van der Waals surface area contributed by atoms with Crippen molar-refractivity contribution in [1.29, 1.82) is 0 Å². The molecule has 24 heavy (non-hydrogen) atoms. The first-order valence-electron chi connectivity index (χ1n) is 7.60. The van der Waals surface area contributed by atoms with Crippen LogP contribution in [-0.4, -0.2) is 50.5 Å². The van der Waals surface area contributed by atoms with Gasteiger partial charge >= 0.3 is 0 Å². The normalized spacial score (nSPS) is 11.1. The van der Waals surface area contributed by atoms with Crippen LogP contribution in [0, 0.1) is 11.6 Å². The molecule has 0 bridgehead atoms. The Morgan fingerprint density at radius 3 is 2.62 bits per heavy atom. The Hall–Kier alpha value is -2.44. The van der Waals surface area contributed by atoms with Crippen LogP contribution >= 0.6 is 0 Å². The van der Waals surface area contributed by atoms with Crippen molar-refractivity contribution in [2.24, 2.45) is 4.99 Å². The van der Waals surface area contributed by atoms with E-state index in [0.29, 0.717) is 25.5 Å². The second-order valence-electron chi connectivity index (χ2n) is 5.68. The summed E-state index contributed by atoms with van der Waals surface area (Å²) in [5.74, 6) is -0.640. The molecule has 0 heterocycles. The average molecular weight is 338 g/mol. The largest absolute Gasteiger partial charge is 0.356 e. The minimum atomic E-state index is -0.475. The maximum absolute atomic E-state index is 13.6. The molecule has 1 aromatic rings. The van der Waals surface area contributed by atoms with Gasteiger partial charge in [-0.15, -0.1) is 0 Å². The maximum Gasteiger partial charge on any atom is 0.243 e. The molecule has 0 spiro atoms. The standard InChI is InChI=1S/C17H24F2N4O/c1-12(2)10-21-17(22-11-16(24)23(3)4)20-8-7-13-9-14(18)5-6-15(13)19/h5-6,9H,1,7-8,10-11H2,2-4H3,(H2,20,21,22). The predicted molar refractivity (Wildman–Crippen MR) is 91.9 cm³/mol. The molecule has 0 aliphatic rings. The smallest absolute Gasteiger partial charge is 0.243 e. The molecule has 7 heteroatoms. The van der Waals surface area contributed by atoms with Gasteiger partial charge in [-0.2, -0.15) is 0 Å². The number of hydrogen-bond donors (Lipinski definition) is 2. The number of rotatable bonds is 7. The number of aliphatic imine (C=N–C) groups is 1. The minimum absolute atomic E-state index is 0.00709. The second-order valence-corrected chi connectivity index (χ2v) is 5.68. The van der Waals surface area contributed by atoms with Crippen molar-refractivity contribution >= 4 is 11.9 Å². The zero-order valence-corrected chi connectivity index (χ0v) is 14.3. The highest BCUT2D eigenvalue weighted by Gasteiger charge is 2.06. The van der Waals surface area contributed by atoms with Crippen molar-refractivity contribution in [3.8, 4) is 0 Å². The van der Waals surface area contributed by atoms with Crippen LogP contribution in [0.5, 0.6) is 0 Å². The zero-order valence-electron chi connectivity index (χ0n) is 14.3. The van der Waals surface area contributed by atoms with Crippen LogP contribution in [0.25, 0.3) is 0 Å². The van der Waals surface area contributed by atoms with Gasteiger partial charge in [0.1, 0.15) is 18.2 Å². The Bertz CT molecular complexity index is 615. The summed E-state index contributed by atoms with van der Waals surface area (Å²) >= 11 is 0. The molecule has 0 aromatic heterocycles. The second kappa shape index (κ2) is 9.64. The Morgan fingerprint density at radius 2 is 2.00 bits per heavy atom. The van der Waals surface area contributed by atoms with Gasteiger partial charge in [0.05, 0.1) is 0 Å². The van der Waals surface area contributed by atoms with Gasteiger partial charge in [0.2, 0.25) is 5.91 Å². The fraction of sp³-hybridized carbons (Fsp3) is 0.412. The van der Waals surface area contributed by atoms with Gasteiger partial charge < -0.3 is 15.5 Å². The lowest BCUT2D eigenvalue weighted by atomic mass is 10.1. The van der Waals surface area contributed by atoms with Crippen molar-refractivity contribution in [3.63, 3.8) is 0 Å². The van der Waals surface area contributed by atoms with E-state index in [1.54, 1.807) is 14.1 Å². The number of guanidine groups is 1. The number of carbonyl (C=O) groups excluding carboxylic acids is 1. The summed E-state index contributed by atoms with van der Waals surface area (Å²) in [7, 11) is 3.30. The molecular formula is C17H24F2N4O. The highest BCUT2D eigenvalue weighted by atomic mass is 19.1. The van der Waals surface area contributed by atoms with E-state index in [2.05, 4.69) is 22.2 Å². The molecule has 0 atom stereocenters. The number of hydrogen-bond acceptors (Lipinski definition) is 2. The number of benzene rings is 1. The molecule has 1 rings (SSSR count). The van der Waals surface area contributed by atoms with Crippen LogP contribution in [-0.2, 0) is 11.2 Å². The van der Waals surface area contributed by atoms with Gasteiger partial charge in [0.15, 0.2) is 5.96 Å². The predicted octanol–water partition coefficient (Wildman–Crippen LogP) is 1.71. The Morgan fingerprint density at radius 1 is 1.29 bits per heavy atom. The molecule has 0 aliphatic heterocycles. The molecule has 1 amide bonds. The molecule has 0 unspecified atom stereocenters. The van der Waals surface area contributed by atoms with Crippen LogP contribution in [0.15, 0.2) is 35.3 Å². The van der Waals surface area contributed by atoms with E-state index < -0.39 is 11.6 Å². The summed E-state index contributed by atoms with van der Waals surface area (Å²) in [4.78, 5) is 17.2. The number of nitrogens with one attached hydrogen (secondary N) is 2. The molecule has 2 N–H and O–H groups in total. The van der Waals surface area contributed by atoms with Crippen LogP contribution in [0.4, 0.5) is 8.78 Å². The first-order chi connectivity index (χ1) is 11.3. The van der Waals surface area contributed by atoms with Gasteiger partial charge in [-0.05, 0) is 37.1 Å². The van der Waals surface area contributed by atoms with E-state index in [1.807, 2.05) is 6.92 Å². The average Bonchev–Trinajstić information content (AvgIpc) is 2.52. The topological polar surface area (TPSA) is 56.7 Å². The molecule has 0 fully saturated rings. The van der Waals surface area contributed by atoms with Gasteiger partial charge in [-0.25, -0.2) is 13.8 Å². The minimum Gasteiger partial charge on any atom is -0.356 e. The van der Waals surface area contributed by atoms with E-state index in [4.69, 9.17) is 0 Å². The summed E-state index contributed by atoms with van der Waals surface area (Å²) in [5.41, 5.74) is 1.19. The number of nitrogens with zero attached hydrogens (tertiary/aromatic N) is 2. The van der Waals surface area contributed by atoms with Crippen LogP contribution in [0.3, 0.4) is 0 Å². The van der Waals surface area contributed by atoms with Crippen LogP contribution < -0.4 is 10.6 Å². The van der Waals surface area contributed by atoms with E-state index in [1.165, 1.54) is 11.0 Å². The molecular weight excluding hydrogens is 314 g/mol. The number of likely N-dealkylation sites (N-methyl/N-ethyl adjacent to an activating group) is 1. The lowest BCUT2D eigenvalue weighted by Gasteiger charge is -2.14. The van der Waals surface area contributed by atoms with Crippen molar-refractivity contribution in [2.75, 3.05) is 33.7 Å². The van der Waals surface area contributed by atoms with Crippen molar-refractivity contribution in [2.45, 2.75) is 13.3 Å². The first kappa shape index (κ1) is 19.6. The van der Waals surface area contributed by atoms with E-state index in [9.17, 15) is 13.6 Å². The van der Waals surface area contributed by atoms with Crippen LogP contribution in [0.2, 0.25) is 0 Å². The van der Waals surface area contributed by atoms with Gasteiger partial charge in [0, 0.05) is 27.2 Å². The van der Waals surface area contributed by atoms with Crippen molar-refractivity contribution in [3.05, 3.63) is 47.5 Å². The summed E-state index contributed by atoms with van der Waals surface area (Å²) in [5, 5.41) is 6.03. The quantitative estimate of drug-likeness (QED) is 0.452. The lowest BCUT2D eigenvalue weighted by Crippen LogP contribution is -2.40. The molecule has 5 nitrogen and oxygen atoms in total. The first-order valence-corrected chi connectivity index (χ1v) is 7.60. The Kier molecular flexibility index (Phi) is 7.88. The van der Waals surface area contributed by atoms with Gasteiger partial charge in [0.25, 0.3) is 0 Å². The van der Waals surface area contributed by atoms with Gasteiger partial charge in [-0.1, -0.05) is 12.2 Å². The number of halogens is 2. The summed E-state index contributed by atoms with van der Waals surface area (Å²) in [6, 6.07) is 3.36. The van der Waals surface area contributed by atoms with Crippen LogP contribution in [0.1, 0.15) is 12.5 Å². The molecule has 0 radical (unpaired) electrons. The third-order valence-corrected chi connectivity index (χ3v) is 3.12. The monoisotopic (exact) mass is 338 g/mol. The van der Waals surface area contributed by atoms with Crippen molar-refractivity contribution < 1.29 is 13.6 Å². The number of carbonyl (C=O) groups is 1. The number of amides is 1. The SMILES string of the molecule is C=C(C)CNC(=NCC(=O)N(C)C)NCCc1cc(F)ccc1F. The van der Waals surface area contributed by atoms with Crippen molar-refractivity contribution in [1.82, 2.24) is 15.5 Å². The zero-order chi connectivity index (χ0) is 18.1. The Balaban J connectivity index is 2.63. The molecule has 0 aliphatic carbocycles. The lowest BCUT2D eigenvalue weighted by molar-refractivity contribution is -0.127. The summed E-state index contributed by atoms with van der Waals surface area (Å²) in [6.07, 6.45) is 0.291. The molecule has 0 saturated carbocycles. The maximum atomic E-state index is 13.6. The van der Waals surface area contributed by atoms with Gasteiger partial charge in [-0.3, -0.25) is 4.79 Å². The summed E-state index contributed by atoms with van der Waals surface area (Å²) < 4.78 is 26.7. The van der Waals surface area contributed by atoms with E-state index in [0.717, 1.165) is 17.7 Å². The third-order valence-electron chi connectivity index (χ3n) is 3.12. The Labute approximate surface area is 141 Å². The molecule has 0 saturated heterocycles. The van der Waals surface area contributed by atoms with E-state index in [-0.39, 0.29) is 18.0 Å². The third kappa shape index (κ3) is 7.21. The fourth-order valence-electron chi connectivity index (χ4n) is 1.75. The molecule has 1 aromatic carbocycles. The fourth-order valence-corrected chi connectivity index (χ4v) is 1.75. The highest BCUT2D eigenvalue weighted by Crippen LogP contribution is 2.09. The van der Waals surface area contributed by atoms with E-state index >= 15 is 0 Å². The summed E-state index contributed by atoms with van der Waals surface area (Å²) in [6.45, 7) is 6.48. The molecule has 132 valence electrons. The highest BCUT2D eigenvalue weighted by molar-refractivity contribution is 5.84.